The molecule has 1 spiro atoms. The molecule has 2 fully saturated rings. The molecule has 1 aromatic heterocycles. The topological polar surface area (TPSA) is 37.8 Å². The number of hydrogen-bond acceptors (Lipinski definition) is 6. The number of aromatic nitrogens is 1. The van der Waals surface area contributed by atoms with Crippen molar-refractivity contribution in [3.05, 3.63) is 16.6 Å². The molecule has 6 heteroatoms. The fourth-order valence-corrected chi connectivity index (χ4v) is 4.08. The lowest BCUT2D eigenvalue weighted by atomic mass is 10.00. The molecule has 2 aliphatic heterocycles. The highest BCUT2D eigenvalue weighted by Crippen LogP contribution is 2.34. The summed E-state index contributed by atoms with van der Waals surface area (Å²) in [5.74, 6) is 0. The molecule has 3 rings (SSSR count). The molecule has 0 aliphatic carbocycles. The van der Waals surface area contributed by atoms with Gasteiger partial charge in [-0.05, 0) is 33.7 Å². The van der Waals surface area contributed by atoms with Crippen molar-refractivity contribution in [2.24, 2.45) is 0 Å². The van der Waals surface area contributed by atoms with E-state index in [0.717, 1.165) is 52.2 Å². The van der Waals surface area contributed by atoms with Crippen molar-refractivity contribution in [3.63, 3.8) is 0 Å². The minimum atomic E-state index is -0.129. The monoisotopic (exact) mass is 339 g/mol. The Hall–Kier alpha value is -0.530. The van der Waals surface area contributed by atoms with Crippen LogP contribution in [-0.4, -0.2) is 72.4 Å². The molecular formula is C17H29N3O2S. The first kappa shape index (κ1) is 17.3. The zero-order chi connectivity index (χ0) is 16.3. The van der Waals surface area contributed by atoms with Crippen LogP contribution >= 0.6 is 11.3 Å². The van der Waals surface area contributed by atoms with Crippen LogP contribution in [0.15, 0.2) is 11.6 Å². The van der Waals surface area contributed by atoms with Crippen LogP contribution in [-0.2, 0) is 16.0 Å². The van der Waals surface area contributed by atoms with Crippen LogP contribution < -0.4 is 0 Å². The van der Waals surface area contributed by atoms with Crippen molar-refractivity contribution in [1.29, 1.82) is 0 Å². The summed E-state index contributed by atoms with van der Waals surface area (Å²) in [5, 5.41) is 3.22. The molecule has 2 aliphatic rings. The van der Waals surface area contributed by atoms with E-state index < -0.39 is 0 Å². The quantitative estimate of drug-likeness (QED) is 0.822. The summed E-state index contributed by atoms with van der Waals surface area (Å²) in [4.78, 5) is 9.23. The summed E-state index contributed by atoms with van der Waals surface area (Å²) in [6, 6.07) is 0.557. The predicted molar refractivity (Wildman–Crippen MR) is 92.8 cm³/mol. The van der Waals surface area contributed by atoms with Gasteiger partial charge >= 0.3 is 0 Å². The standard InChI is InChI=1S/C17H29N3O2S/c1-14(2)19(3)10-15-4-5-17(22-15)12-20(7-8-21-13-17)11-16-18-6-9-23-16/h6,9,14-15H,4-5,7-8,10-13H2,1-3H3. The van der Waals surface area contributed by atoms with E-state index in [1.807, 2.05) is 11.6 Å². The van der Waals surface area contributed by atoms with E-state index in [2.05, 4.69) is 35.7 Å². The van der Waals surface area contributed by atoms with Crippen molar-refractivity contribution < 1.29 is 9.47 Å². The largest absolute Gasteiger partial charge is 0.377 e. The number of likely N-dealkylation sites (N-methyl/N-ethyl adjacent to an activating group) is 1. The summed E-state index contributed by atoms with van der Waals surface area (Å²) in [6.07, 6.45) is 4.43. The maximum atomic E-state index is 6.51. The third-order valence-electron chi connectivity index (χ3n) is 4.98. The summed E-state index contributed by atoms with van der Waals surface area (Å²) < 4.78 is 12.4. The molecule has 0 aromatic carbocycles. The van der Waals surface area contributed by atoms with E-state index in [1.54, 1.807) is 11.3 Å². The van der Waals surface area contributed by atoms with Crippen molar-refractivity contribution >= 4 is 11.3 Å². The molecule has 1 aromatic rings. The second-order valence-electron chi connectivity index (χ2n) is 7.18. The summed E-state index contributed by atoms with van der Waals surface area (Å²) in [5.41, 5.74) is -0.129. The van der Waals surface area contributed by atoms with Crippen LogP contribution in [0.4, 0.5) is 0 Å². The maximum absolute atomic E-state index is 6.51. The van der Waals surface area contributed by atoms with Gasteiger partial charge in [-0.1, -0.05) is 0 Å². The Kier molecular flexibility index (Phi) is 5.69. The average molecular weight is 340 g/mol. The van der Waals surface area contributed by atoms with Gasteiger partial charge in [-0.2, -0.15) is 0 Å². The highest BCUT2D eigenvalue weighted by molar-refractivity contribution is 7.09. The van der Waals surface area contributed by atoms with Gasteiger partial charge < -0.3 is 14.4 Å². The van der Waals surface area contributed by atoms with E-state index in [4.69, 9.17) is 9.47 Å². The van der Waals surface area contributed by atoms with Gasteiger partial charge in [-0.15, -0.1) is 11.3 Å². The number of rotatable bonds is 5. The normalized spacial score (nSPS) is 29.7. The maximum Gasteiger partial charge on any atom is 0.107 e. The molecule has 0 amide bonds. The van der Waals surface area contributed by atoms with Gasteiger partial charge in [-0.3, -0.25) is 4.90 Å². The van der Waals surface area contributed by atoms with Crippen LogP contribution in [0.25, 0.3) is 0 Å². The Bertz CT molecular complexity index is 482. The molecule has 23 heavy (non-hydrogen) atoms. The minimum absolute atomic E-state index is 0.129. The van der Waals surface area contributed by atoms with Crippen molar-refractivity contribution in [3.8, 4) is 0 Å². The first-order valence-electron chi connectivity index (χ1n) is 8.63. The van der Waals surface area contributed by atoms with Gasteiger partial charge in [0.1, 0.15) is 10.6 Å². The van der Waals surface area contributed by atoms with E-state index in [9.17, 15) is 0 Å². The van der Waals surface area contributed by atoms with Gasteiger partial charge in [0.25, 0.3) is 0 Å². The van der Waals surface area contributed by atoms with E-state index in [1.165, 1.54) is 5.01 Å². The van der Waals surface area contributed by atoms with Crippen molar-refractivity contribution in [1.82, 2.24) is 14.8 Å². The SMILES string of the molecule is CC(C)N(C)CC1CCC2(COCCN(Cc3nccs3)C2)O1. The first-order valence-corrected chi connectivity index (χ1v) is 9.51. The summed E-state index contributed by atoms with van der Waals surface area (Å²) in [7, 11) is 2.18. The number of hydrogen-bond donors (Lipinski definition) is 0. The fraction of sp³-hybridized carbons (Fsp3) is 0.824. The van der Waals surface area contributed by atoms with Gasteiger partial charge in [0.2, 0.25) is 0 Å². The number of ether oxygens (including phenoxy) is 2. The molecule has 0 bridgehead atoms. The third kappa shape index (κ3) is 4.51. The summed E-state index contributed by atoms with van der Waals surface area (Å²) >= 11 is 1.73. The molecule has 2 saturated heterocycles. The lowest BCUT2D eigenvalue weighted by molar-refractivity contribution is -0.0924. The molecule has 130 valence electrons. The van der Waals surface area contributed by atoms with Gasteiger partial charge in [0.15, 0.2) is 0 Å². The van der Waals surface area contributed by atoms with Crippen LogP contribution in [0, 0.1) is 0 Å². The van der Waals surface area contributed by atoms with Crippen LogP contribution in [0.5, 0.6) is 0 Å². The zero-order valence-corrected chi connectivity index (χ0v) is 15.3. The molecule has 2 atom stereocenters. The highest BCUT2D eigenvalue weighted by atomic mass is 32.1. The van der Waals surface area contributed by atoms with Gasteiger partial charge in [0.05, 0.1) is 25.9 Å². The average Bonchev–Trinajstić information content (AvgIpc) is 3.09. The fourth-order valence-electron chi connectivity index (χ4n) is 3.42. The minimum Gasteiger partial charge on any atom is -0.377 e. The number of thiazole rings is 1. The molecule has 2 unspecified atom stereocenters. The molecule has 0 saturated carbocycles. The lowest BCUT2D eigenvalue weighted by Gasteiger charge is -2.32. The molecule has 3 heterocycles. The Labute approximate surface area is 143 Å². The molecule has 0 radical (unpaired) electrons. The predicted octanol–water partition coefficient (Wildman–Crippen LogP) is 2.23. The van der Waals surface area contributed by atoms with E-state index >= 15 is 0 Å². The summed E-state index contributed by atoms with van der Waals surface area (Å²) in [6.45, 7) is 9.80. The second kappa shape index (κ2) is 7.57. The zero-order valence-electron chi connectivity index (χ0n) is 14.5. The first-order chi connectivity index (χ1) is 11.1. The van der Waals surface area contributed by atoms with Crippen LogP contribution in [0.3, 0.4) is 0 Å². The molecule has 0 N–H and O–H groups in total. The Balaban J connectivity index is 1.59. The smallest absolute Gasteiger partial charge is 0.107 e. The Morgan fingerprint density at radius 3 is 3.13 bits per heavy atom. The van der Waals surface area contributed by atoms with Gasteiger partial charge in [0, 0.05) is 37.3 Å². The van der Waals surface area contributed by atoms with E-state index in [-0.39, 0.29) is 5.60 Å². The molecular weight excluding hydrogens is 310 g/mol. The van der Waals surface area contributed by atoms with Crippen molar-refractivity contribution in [2.75, 3.05) is 39.9 Å². The Morgan fingerprint density at radius 2 is 2.39 bits per heavy atom. The van der Waals surface area contributed by atoms with Gasteiger partial charge in [-0.25, -0.2) is 4.98 Å². The highest BCUT2D eigenvalue weighted by Gasteiger charge is 2.43. The number of nitrogens with zero attached hydrogens (tertiary/aromatic N) is 3. The second-order valence-corrected chi connectivity index (χ2v) is 8.16. The van der Waals surface area contributed by atoms with Crippen LogP contribution in [0.1, 0.15) is 31.7 Å². The third-order valence-corrected chi connectivity index (χ3v) is 5.75. The lowest BCUT2D eigenvalue weighted by Crippen LogP contribution is -2.45. The van der Waals surface area contributed by atoms with E-state index in [0.29, 0.717) is 12.1 Å². The Morgan fingerprint density at radius 1 is 1.52 bits per heavy atom. The van der Waals surface area contributed by atoms with Crippen molar-refractivity contribution in [2.45, 2.75) is 51.0 Å². The van der Waals surface area contributed by atoms with Crippen LogP contribution in [0.2, 0.25) is 0 Å². The molecule has 5 nitrogen and oxygen atoms in total.